The van der Waals surface area contributed by atoms with E-state index in [-0.39, 0.29) is 5.56 Å². The number of nitrogens with zero attached hydrogens (tertiary/aromatic N) is 2. The average molecular weight is 310 g/mol. The van der Waals surface area contributed by atoms with Gasteiger partial charge in [0.1, 0.15) is 11.5 Å². The van der Waals surface area contributed by atoms with Gasteiger partial charge in [-0.1, -0.05) is 0 Å². The molecule has 0 bridgehead atoms. The van der Waals surface area contributed by atoms with Crippen LogP contribution in [0.25, 0.3) is 10.9 Å². The van der Waals surface area contributed by atoms with Crippen LogP contribution in [0.3, 0.4) is 0 Å². The van der Waals surface area contributed by atoms with E-state index in [1.807, 2.05) is 0 Å². The summed E-state index contributed by atoms with van der Waals surface area (Å²) in [6, 6.07) is 8.25. The normalized spacial score (nSPS) is 10.5. The zero-order chi connectivity index (χ0) is 16.4. The molecule has 23 heavy (non-hydrogen) atoms. The molecular formula is C16H14N4O3. The standard InChI is InChI=1S/C16H14N4O3/c1-22-14-7-12-10(6-11(14)16(18)21)13(4-5-19-12)23-15-3-2-9(17)8-20-15/h2-8H,17H2,1H3,(H2,18,21). The lowest BCUT2D eigenvalue weighted by molar-refractivity contribution is 0.0997. The van der Waals surface area contributed by atoms with Crippen LogP contribution < -0.4 is 20.9 Å². The summed E-state index contributed by atoms with van der Waals surface area (Å²) >= 11 is 0. The summed E-state index contributed by atoms with van der Waals surface area (Å²) in [5, 5.41) is 0.626. The minimum absolute atomic E-state index is 0.253. The number of aromatic nitrogens is 2. The molecule has 0 atom stereocenters. The highest BCUT2D eigenvalue weighted by atomic mass is 16.5. The first-order valence-corrected chi connectivity index (χ1v) is 6.74. The predicted octanol–water partition coefficient (Wildman–Crippen LogP) is 2.11. The first-order chi connectivity index (χ1) is 11.1. The van der Waals surface area contributed by atoms with E-state index in [0.29, 0.717) is 34.0 Å². The number of amides is 1. The summed E-state index contributed by atoms with van der Waals surface area (Å²) in [6.45, 7) is 0. The van der Waals surface area contributed by atoms with Crippen LogP contribution in [0.2, 0.25) is 0 Å². The minimum atomic E-state index is -0.593. The van der Waals surface area contributed by atoms with E-state index in [4.69, 9.17) is 20.9 Å². The second-order valence-corrected chi connectivity index (χ2v) is 4.77. The number of hydrogen-bond acceptors (Lipinski definition) is 6. The number of nitrogens with two attached hydrogens (primary N) is 2. The molecule has 0 aliphatic heterocycles. The van der Waals surface area contributed by atoms with Crippen molar-refractivity contribution in [2.75, 3.05) is 12.8 Å². The maximum atomic E-state index is 11.6. The van der Waals surface area contributed by atoms with Gasteiger partial charge in [-0.25, -0.2) is 4.98 Å². The molecule has 3 aromatic rings. The molecule has 0 aliphatic rings. The Kier molecular flexibility index (Phi) is 3.68. The molecule has 7 nitrogen and oxygen atoms in total. The molecule has 0 fully saturated rings. The number of ether oxygens (including phenoxy) is 2. The second kappa shape index (κ2) is 5.80. The number of primary amides is 1. The lowest BCUT2D eigenvalue weighted by Crippen LogP contribution is -2.12. The number of carbonyl (C=O) groups is 1. The van der Waals surface area contributed by atoms with E-state index in [9.17, 15) is 4.79 Å². The largest absolute Gasteiger partial charge is 0.496 e. The van der Waals surface area contributed by atoms with Gasteiger partial charge < -0.3 is 20.9 Å². The van der Waals surface area contributed by atoms with Crippen molar-refractivity contribution in [2.24, 2.45) is 5.73 Å². The fraction of sp³-hybridized carbons (Fsp3) is 0.0625. The summed E-state index contributed by atoms with van der Waals surface area (Å²) in [5.41, 5.74) is 12.4. The molecule has 116 valence electrons. The third-order valence-corrected chi connectivity index (χ3v) is 3.26. The van der Waals surface area contributed by atoms with Crippen molar-refractivity contribution < 1.29 is 14.3 Å². The number of fused-ring (bicyclic) bond motifs is 1. The molecule has 0 unspecified atom stereocenters. The molecule has 0 saturated heterocycles. The lowest BCUT2D eigenvalue weighted by atomic mass is 10.1. The summed E-state index contributed by atoms with van der Waals surface area (Å²) < 4.78 is 10.9. The number of anilines is 1. The lowest BCUT2D eigenvalue weighted by Gasteiger charge is -2.11. The van der Waals surface area contributed by atoms with Gasteiger partial charge in [-0.2, -0.15) is 0 Å². The number of hydrogen-bond donors (Lipinski definition) is 2. The third kappa shape index (κ3) is 2.84. The van der Waals surface area contributed by atoms with Gasteiger partial charge in [0.25, 0.3) is 5.91 Å². The molecule has 4 N–H and O–H groups in total. The van der Waals surface area contributed by atoms with Crippen LogP contribution >= 0.6 is 0 Å². The van der Waals surface area contributed by atoms with Crippen molar-refractivity contribution in [1.29, 1.82) is 0 Å². The quantitative estimate of drug-likeness (QED) is 0.763. The topological polar surface area (TPSA) is 113 Å². The van der Waals surface area contributed by atoms with Crippen molar-refractivity contribution in [3.8, 4) is 17.4 Å². The van der Waals surface area contributed by atoms with E-state index >= 15 is 0 Å². The van der Waals surface area contributed by atoms with Crippen LogP contribution in [0.5, 0.6) is 17.4 Å². The minimum Gasteiger partial charge on any atom is -0.496 e. The highest BCUT2D eigenvalue weighted by molar-refractivity contribution is 6.01. The molecule has 1 aromatic carbocycles. The van der Waals surface area contributed by atoms with Crippen molar-refractivity contribution in [2.45, 2.75) is 0 Å². The van der Waals surface area contributed by atoms with Crippen LogP contribution in [-0.4, -0.2) is 23.0 Å². The zero-order valence-corrected chi connectivity index (χ0v) is 12.3. The average Bonchev–Trinajstić information content (AvgIpc) is 2.56. The Labute approximate surface area is 131 Å². The number of nitrogen functional groups attached to an aromatic ring is 1. The fourth-order valence-electron chi connectivity index (χ4n) is 2.16. The van der Waals surface area contributed by atoms with Crippen LogP contribution in [0, 0.1) is 0 Å². The SMILES string of the molecule is COc1cc2nccc(Oc3ccc(N)cn3)c2cc1C(N)=O. The predicted molar refractivity (Wildman–Crippen MR) is 85.5 cm³/mol. The number of pyridine rings is 2. The first-order valence-electron chi connectivity index (χ1n) is 6.74. The second-order valence-electron chi connectivity index (χ2n) is 4.77. The number of carbonyl (C=O) groups excluding carboxylic acids is 1. The molecule has 3 rings (SSSR count). The summed E-state index contributed by atoms with van der Waals surface area (Å²) in [4.78, 5) is 19.9. The molecule has 0 spiro atoms. The number of methoxy groups -OCH3 is 1. The van der Waals surface area contributed by atoms with Crippen molar-refractivity contribution in [1.82, 2.24) is 9.97 Å². The molecule has 0 saturated carbocycles. The van der Waals surface area contributed by atoms with Crippen LogP contribution in [0.4, 0.5) is 5.69 Å². The van der Waals surface area contributed by atoms with Crippen molar-refractivity contribution in [3.05, 3.63) is 48.3 Å². The fourth-order valence-corrected chi connectivity index (χ4v) is 2.16. The highest BCUT2D eigenvalue weighted by Gasteiger charge is 2.14. The molecular weight excluding hydrogens is 296 g/mol. The van der Waals surface area contributed by atoms with E-state index in [1.54, 1.807) is 36.5 Å². The number of rotatable bonds is 4. The molecule has 0 radical (unpaired) electrons. The Hall–Kier alpha value is -3.35. The van der Waals surface area contributed by atoms with Gasteiger partial charge in [0, 0.05) is 23.7 Å². The van der Waals surface area contributed by atoms with E-state index < -0.39 is 5.91 Å². The van der Waals surface area contributed by atoms with Crippen LogP contribution in [0.1, 0.15) is 10.4 Å². The molecule has 1 amide bonds. The Morgan fingerprint density at radius 2 is 1.96 bits per heavy atom. The maximum absolute atomic E-state index is 11.6. The smallest absolute Gasteiger partial charge is 0.252 e. The molecule has 0 aliphatic carbocycles. The Balaban J connectivity index is 2.11. The van der Waals surface area contributed by atoms with E-state index in [1.165, 1.54) is 13.3 Å². The van der Waals surface area contributed by atoms with Gasteiger partial charge in [-0.15, -0.1) is 0 Å². The van der Waals surface area contributed by atoms with Gasteiger partial charge in [0.05, 0.1) is 30.1 Å². The van der Waals surface area contributed by atoms with Gasteiger partial charge in [0.15, 0.2) is 0 Å². The van der Waals surface area contributed by atoms with Crippen LogP contribution in [-0.2, 0) is 0 Å². The summed E-state index contributed by atoms with van der Waals surface area (Å²) in [5.74, 6) is 0.644. The van der Waals surface area contributed by atoms with Gasteiger partial charge >= 0.3 is 0 Å². The van der Waals surface area contributed by atoms with Gasteiger partial charge in [0.2, 0.25) is 5.88 Å². The zero-order valence-electron chi connectivity index (χ0n) is 12.3. The van der Waals surface area contributed by atoms with Crippen molar-refractivity contribution >= 4 is 22.5 Å². The Morgan fingerprint density at radius 3 is 2.61 bits per heavy atom. The highest BCUT2D eigenvalue weighted by Crippen LogP contribution is 2.32. The van der Waals surface area contributed by atoms with Gasteiger partial charge in [-0.3, -0.25) is 9.78 Å². The van der Waals surface area contributed by atoms with Gasteiger partial charge in [-0.05, 0) is 18.2 Å². The maximum Gasteiger partial charge on any atom is 0.252 e. The molecule has 2 heterocycles. The Morgan fingerprint density at radius 1 is 1.13 bits per heavy atom. The van der Waals surface area contributed by atoms with Crippen LogP contribution in [0.15, 0.2) is 42.7 Å². The first kappa shape index (κ1) is 14.6. The molecule has 7 heteroatoms. The molecule has 2 aromatic heterocycles. The van der Waals surface area contributed by atoms with Crippen molar-refractivity contribution in [3.63, 3.8) is 0 Å². The Bertz CT molecular complexity index is 878. The third-order valence-electron chi connectivity index (χ3n) is 3.26. The summed E-state index contributed by atoms with van der Waals surface area (Å²) in [7, 11) is 1.46. The summed E-state index contributed by atoms with van der Waals surface area (Å²) in [6.07, 6.45) is 3.09. The van der Waals surface area contributed by atoms with E-state index in [2.05, 4.69) is 9.97 Å². The van der Waals surface area contributed by atoms with E-state index in [0.717, 1.165) is 0 Å². The monoisotopic (exact) mass is 310 g/mol. The number of benzene rings is 1.